The van der Waals surface area contributed by atoms with Gasteiger partial charge in [-0.2, -0.15) is 0 Å². The minimum absolute atomic E-state index is 0.0434. The first-order valence-corrected chi connectivity index (χ1v) is 25.7. The normalized spacial score (nSPS) is 19.2. The Labute approximate surface area is 380 Å². The monoisotopic (exact) mass is 870 g/mol. The standard InChI is InChI=1S/C54H95NO7/c1-12-13-14-15-16-17-18-19-20-21-22-23-24-33-48(56)55-54(39-59-52(9,10)60-40-54)38-58-37-49(57)61-50-44(6)45(7)51-47(46(50)8)34-36-53(11,62-51)35-27-32-43(5)31-26-30-42(4)29-25-28-41(2)3/h41-43H,12-40H2,1-11H3,(H,55,56). The summed E-state index contributed by atoms with van der Waals surface area (Å²) < 4.78 is 30.9. The number of fused-ring (bicyclic) bond motifs is 1. The van der Waals surface area contributed by atoms with Gasteiger partial charge >= 0.3 is 5.97 Å². The Bertz CT molecular complexity index is 1440. The van der Waals surface area contributed by atoms with Gasteiger partial charge < -0.3 is 29.0 Å². The van der Waals surface area contributed by atoms with Gasteiger partial charge in [-0.05, 0) is 108 Å². The number of carbonyl (C=O) groups excluding carboxylic acids is 2. The summed E-state index contributed by atoms with van der Waals surface area (Å²) in [4.78, 5) is 26.5. The molecule has 8 nitrogen and oxygen atoms in total. The van der Waals surface area contributed by atoms with Gasteiger partial charge in [0.05, 0.1) is 19.8 Å². The van der Waals surface area contributed by atoms with Crippen molar-refractivity contribution < 1.29 is 33.3 Å². The third kappa shape index (κ3) is 19.9. The highest BCUT2D eigenvalue weighted by Gasteiger charge is 2.42. The Hall–Kier alpha value is -2.16. The lowest BCUT2D eigenvalue weighted by atomic mass is 9.83. The fourth-order valence-corrected chi connectivity index (χ4v) is 9.45. The molecule has 0 bridgehead atoms. The molecule has 1 aromatic rings. The number of carbonyl (C=O) groups is 2. The summed E-state index contributed by atoms with van der Waals surface area (Å²) in [6.45, 7) is 24.2. The predicted octanol–water partition coefficient (Wildman–Crippen LogP) is 14.2. The second-order valence-electron chi connectivity index (χ2n) is 21.2. The molecule has 1 aromatic carbocycles. The van der Waals surface area contributed by atoms with Crippen molar-refractivity contribution in [3.63, 3.8) is 0 Å². The van der Waals surface area contributed by atoms with E-state index in [-0.39, 0.29) is 37.9 Å². The molecule has 62 heavy (non-hydrogen) atoms. The maximum absolute atomic E-state index is 13.3. The fourth-order valence-electron chi connectivity index (χ4n) is 9.45. The largest absolute Gasteiger partial charge is 0.487 e. The summed E-state index contributed by atoms with van der Waals surface area (Å²) in [5.41, 5.74) is 2.95. The lowest BCUT2D eigenvalue weighted by Gasteiger charge is -2.43. The van der Waals surface area contributed by atoms with Gasteiger partial charge in [0.2, 0.25) is 5.91 Å². The predicted molar refractivity (Wildman–Crippen MR) is 256 cm³/mol. The van der Waals surface area contributed by atoms with Crippen LogP contribution < -0.4 is 14.8 Å². The Balaban J connectivity index is 1.43. The topological polar surface area (TPSA) is 92.3 Å². The minimum Gasteiger partial charge on any atom is -0.487 e. The van der Waals surface area contributed by atoms with Gasteiger partial charge in [-0.3, -0.25) is 4.79 Å². The molecule has 1 N–H and O–H groups in total. The number of nitrogens with one attached hydrogen (secondary N) is 1. The molecule has 2 aliphatic heterocycles. The summed E-state index contributed by atoms with van der Waals surface area (Å²) in [6.07, 6.45) is 30.3. The zero-order valence-corrected chi connectivity index (χ0v) is 42.1. The van der Waals surface area contributed by atoms with Gasteiger partial charge in [-0.25, -0.2) is 4.79 Å². The van der Waals surface area contributed by atoms with Crippen LogP contribution in [0.1, 0.15) is 232 Å². The van der Waals surface area contributed by atoms with Crippen LogP contribution in [-0.4, -0.2) is 55.2 Å². The van der Waals surface area contributed by atoms with Crippen molar-refractivity contribution in [2.24, 2.45) is 17.8 Å². The highest BCUT2D eigenvalue weighted by atomic mass is 16.7. The highest BCUT2D eigenvalue weighted by molar-refractivity contribution is 5.77. The average molecular weight is 870 g/mol. The summed E-state index contributed by atoms with van der Waals surface area (Å²) >= 11 is 0. The van der Waals surface area contributed by atoms with E-state index in [2.05, 4.69) is 53.8 Å². The van der Waals surface area contributed by atoms with Crippen LogP contribution in [0.2, 0.25) is 0 Å². The maximum Gasteiger partial charge on any atom is 0.337 e. The molecule has 0 saturated carbocycles. The van der Waals surface area contributed by atoms with E-state index in [4.69, 9.17) is 23.7 Å². The number of hydrogen-bond donors (Lipinski definition) is 1. The molecule has 3 rings (SSSR count). The number of benzene rings is 1. The van der Waals surface area contributed by atoms with Gasteiger partial charge in [-0.1, -0.05) is 157 Å². The molecule has 3 unspecified atom stereocenters. The number of unbranched alkanes of at least 4 members (excludes halogenated alkanes) is 12. The van der Waals surface area contributed by atoms with E-state index in [9.17, 15) is 9.59 Å². The van der Waals surface area contributed by atoms with Crippen LogP contribution in [-0.2, 0) is 30.2 Å². The van der Waals surface area contributed by atoms with E-state index in [1.807, 2.05) is 27.7 Å². The molecule has 8 heteroatoms. The molecule has 358 valence electrons. The molecule has 0 spiro atoms. The Kier molecular flexibility index (Phi) is 24.5. The fraction of sp³-hybridized carbons (Fsp3) is 0.852. The van der Waals surface area contributed by atoms with Crippen LogP contribution in [0.5, 0.6) is 11.5 Å². The van der Waals surface area contributed by atoms with Crippen molar-refractivity contribution in [1.29, 1.82) is 0 Å². The van der Waals surface area contributed by atoms with Gasteiger partial charge in [-0.15, -0.1) is 0 Å². The summed E-state index contributed by atoms with van der Waals surface area (Å²) in [5, 5.41) is 3.16. The molecule has 1 amide bonds. The smallest absolute Gasteiger partial charge is 0.337 e. The zero-order chi connectivity index (χ0) is 45.6. The quantitative estimate of drug-likeness (QED) is 0.0438. The second kappa shape index (κ2) is 28.0. The highest BCUT2D eigenvalue weighted by Crippen LogP contribution is 2.45. The first-order chi connectivity index (χ1) is 29.5. The summed E-state index contributed by atoms with van der Waals surface area (Å²) in [5.74, 6) is 2.67. The molecule has 1 fully saturated rings. The average Bonchev–Trinajstić information content (AvgIpc) is 3.21. The van der Waals surface area contributed by atoms with E-state index >= 15 is 0 Å². The molecule has 2 aliphatic rings. The van der Waals surface area contributed by atoms with Crippen LogP contribution in [0.3, 0.4) is 0 Å². The molecular weight excluding hydrogens is 775 g/mol. The first-order valence-electron chi connectivity index (χ1n) is 25.7. The van der Waals surface area contributed by atoms with Crippen molar-refractivity contribution in [3.8, 4) is 11.5 Å². The lowest BCUT2D eigenvalue weighted by Crippen LogP contribution is -2.63. The SMILES string of the molecule is CCCCCCCCCCCCCCCC(=O)NC1(COCC(=O)Oc2c(C)c(C)c3c(c2C)CCC(C)(CCCC(C)CCCC(C)CCCC(C)C)O3)COC(C)(C)OC1. The number of rotatable bonds is 32. The van der Waals surface area contributed by atoms with Crippen LogP contribution in [0.4, 0.5) is 0 Å². The maximum atomic E-state index is 13.3. The van der Waals surface area contributed by atoms with Crippen molar-refractivity contribution >= 4 is 11.9 Å². The molecule has 3 atom stereocenters. The molecule has 0 radical (unpaired) electrons. The van der Waals surface area contributed by atoms with Gasteiger partial charge in [0, 0.05) is 12.0 Å². The number of esters is 1. The third-order valence-electron chi connectivity index (χ3n) is 14.0. The van der Waals surface area contributed by atoms with Crippen molar-refractivity contribution in [2.75, 3.05) is 26.4 Å². The summed E-state index contributed by atoms with van der Waals surface area (Å²) in [6, 6.07) is 0. The molecule has 0 aliphatic carbocycles. The molecule has 2 heterocycles. The second-order valence-corrected chi connectivity index (χ2v) is 21.2. The van der Waals surface area contributed by atoms with E-state index in [0.29, 0.717) is 12.2 Å². The number of ether oxygens (including phenoxy) is 5. The Morgan fingerprint density at radius 1 is 0.677 bits per heavy atom. The molecule has 1 saturated heterocycles. The van der Waals surface area contributed by atoms with E-state index in [0.717, 1.165) is 84.3 Å². The van der Waals surface area contributed by atoms with E-state index in [1.54, 1.807) is 0 Å². The van der Waals surface area contributed by atoms with E-state index < -0.39 is 17.3 Å². The zero-order valence-electron chi connectivity index (χ0n) is 42.1. The first kappa shape index (κ1) is 54.2. The van der Waals surface area contributed by atoms with E-state index in [1.165, 1.54) is 116 Å². The Morgan fingerprint density at radius 2 is 1.21 bits per heavy atom. The summed E-state index contributed by atoms with van der Waals surface area (Å²) in [7, 11) is 0. The van der Waals surface area contributed by atoms with Crippen molar-refractivity contribution in [2.45, 2.75) is 254 Å². The van der Waals surface area contributed by atoms with Crippen LogP contribution >= 0.6 is 0 Å². The lowest BCUT2D eigenvalue weighted by molar-refractivity contribution is -0.276. The van der Waals surface area contributed by atoms with Crippen molar-refractivity contribution in [3.05, 3.63) is 22.3 Å². The van der Waals surface area contributed by atoms with Crippen LogP contribution in [0, 0.1) is 38.5 Å². The minimum atomic E-state index is -0.884. The molecular formula is C54H95NO7. The van der Waals surface area contributed by atoms with Crippen LogP contribution in [0.25, 0.3) is 0 Å². The Morgan fingerprint density at radius 3 is 1.77 bits per heavy atom. The van der Waals surface area contributed by atoms with Gasteiger partial charge in [0.15, 0.2) is 5.79 Å². The van der Waals surface area contributed by atoms with Crippen molar-refractivity contribution in [1.82, 2.24) is 5.32 Å². The number of amides is 1. The van der Waals surface area contributed by atoms with Gasteiger partial charge in [0.1, 0.15) is 29.2 Å². The van der Waals surface area contributed by atoms with Crippen LogP contribution in [0.15, 0.2) is 0 Å². The van der Waals surface area contributed by atoms with Gasteiger partial charge in [0.25, 0.3) is 0 Å². The third-order valence-corrected chi connectivity index (χ3v) is 14.0. The number of hydrogen-bond acceptors (Lipinski definition) is 7. The molecule has 0 aromatic heterocycles.